The number of phenols is 1. The number of hydrogen-bond donors (Lipinski definition) is 2. The van der Waals surface area contributed by atoms with Gasteiger partial charge in [-0.3, -0.25) is 9.78 Å². The zero-order valence-electron chi connectivity index (χ0n) is 16.0. The van der Waals surface area contributed by atoms with Crippen LogP contribution in [0, 0.1) is 0 Å². The van der Waals surface area contributed by atoms with Gasteiger partial charge in [0.2, 0.25) is 0 Å². The topological polar surface area (TPSA) is 102 Å². The zero-order valence-corrected chi connectivity index (χ0v) is 16.0. The third-order valence-electron chi connectivity index (χ3n) is 4.59. The summed E-state index contributed by atoms with van der Waals surface area (Å²) in [6, 6.07) is 10.5. The van der Waals surface area contributed by atoms with E-state index >= 15 is 0 Å². The average Bonchev–Trinajstić information content (AvgIpc) is 2.75. The summed E-state index contributed by atoms with van der Waals surface area (Å²) in [6.45, 7) is 0.477. The number of fused-ring (bicyclic) bond motifs is 1. The number of phenolic OH excluding ortho intramolecular Hbond substituents is 1. The molecule has 0 unspecified atom stereocenters. The van der Waals surface area contributed by atoms with Crippen molar-refractivity contribution in [2.45, 2.75) is 6.54 Å². The predicted molar refractivity (Wildman–Crippen MR) is 110 cm³/mol. The van der Waals surface area contributed by atoms with Crippen LogP contribution in [-0.2, 0) is 13.6 Å². The molecule has 29 heavy (non-hydrogen) atoms. The first-order valence-corrected chi connectivity index (χ1v) is 8.93. The van der Waals surface area contributed by atoms with Gasteiger partial charge in [-0.1, -0.05) is 0 Å². The lowest BCUT2D eigenvalue weighted by Gasteiger charge is -2.12. The van der Waals surface area contributed by atoms with E-state index in [0.717, 1.165) is 11.1 Å². The fourth-order valence-electron chi connectivity index (χ4n) is 3.02. The third kappa shape index (κ3) is 3.60. The van der Waals surface area contributed by atoms with Crippen LogP contribution in [0.25, 0.3) is 22.2 Å². The molecule has 2 N–H and O–H groups in total. The van der Waals surface area contributed by atoms with Crippen LogP contribution in [0.4, 0.5) is 5.82 Å². The van der Waals surface area contributed by atoms with Gasteiger partial charge >= 0.3 is 0 Å². The predicted octanol–water partition coefficient (Wildman–Crippen LogP) is 2.72. The summed E-state index contributed by atoms with van der Waals surface area (Å²) in [5.41, 5.74) is 2.69. The van der Waals surface area contributed by atoms with E-state index in [0.29, 0.717) is 34.7 Å². The molecule has 8 nitrogen and oxygen atoms in total. The Morgan fingerprint density at radius 1 is 1.17 bits per heavy atom. The van der Waals surface area contributed by atoms with E-state index in [-0.39, 0.29) is 11.3 Å². The van der Waals surface area contributed by atoms with E-state index < -0.39 is 0 Å². The molecule has 146 valence electrons. The first kappa shape index (κ1) is 18.4. The maximum atomic E-state index is 12.7. The molecule has 0 spiro atoms. The number of benzene rings is 1. The number of aromatic nitrogens is 4. The molecule has 8 heteroatoms. The van der Waals surface area contributed by atoms with Crippen LogP contribution in [0.2, 0.25) is 0 Å². The molecule has 0 saturated carbocycles. The lowest BCUT2D eigenvalue weighted by molar-refractivity contribution is 0.373. The number of pyridine rings is 2. The van der Waals surface area contributed by atoms with Crippen LogP contribution in [0.1, 0.15) is 5.56 Å². The van der Waals surface area contributed by atoms with Gasteiger partial charge in [0, 0.05) is 31.5 Å². The molecule has 0 fully saturated rings. The normalized spacial score (nSPS) is 10.8. The Labute approximate surface area is 166 Å². The first-order valence-electron chi connectivity index (χ1n) is 8.93. The highest BCUT2D eigenvalue weighted by molar-refractivity contribution is 5.91. The summed E-state index contributed by atoms with van der Waals surface area (Å²) in [5.74, 6) is 0.822. The van der Waals surface area contributed by atoms with E-state index in [4.69, 9.17) is 4.74 Å². The quantitative estimate of drug-likeness (QED) is 0.541. The number of aromatic hydroxyl groups is 1. The Balaban J connectivity index is 1.85. The molecular weight excluding hydrogens is 370 g/mol. The van der Waals surface area contributed by atoms with Gasteiger partial charge < -0.3 is 19.7 Å². The van der Waals surface area contributed by atoms with Gasteiger partial charge in [-0.25, -0.2) is 9.97 Å². The summed E-state index contributed by atoms with van der Waals surface area (Å²) >= 11 is 0. The van der Waals surface area contributed by atoms with Crippen LogP contribution in [0.5, 0.6) is 11.5 Å². The van der Waals surface area contributed by atoms with Crippen molar-refractivity contribution in [2.75, 3.05) is 12.4 Å². The number of ether oxygens (including phenoxy) is 1. The molecule has 0 atom stereocenters. The molecule has 4 rings (SSSR count). The SMILES string of the molecule is COc1cc(-c2cc3ncn(C)c(=O)c3c(NCc3ccncc3)n2)ccc1O. The second-order valence-corrected chi connectivity index (χ2v) is 6.51. The van der Waals surface area contributed by atoms with Crippen molar-refractivity contribution in [1.29, 1.82) is 0 Å². The molecule has 3 aromatic heterocycles. The van der Waals surface area contributed by atoms with Crippen molar-refractivity contribution in [1.82, 2.24) is 19.5 Å². The smallest absolute Gasteiger partial charge is 0.264 e. The van der Waals surface area contributed by atoms with Gasteiger partial charge in [0.25, 0.3) is 5.56 Å². The Morgan fingerprint density at radius 3 is 2.72 bits per heavy atom. The minimum Gasteiger partial charge on any atom is -0.504 e. The number of aryl methyl sites for hydroxylation is 1. The molecule has 3 heterocycles. The second kappa shape index (κ2) is 7.59. The first-order chi connectivity index (χ1) is 14.1. The van der Waals surface area contributed by atoms with Crippen LogP contribution >= 0.6 is 0 Å². The Bertz CT molecular complexity index is 1240. The van der Waals surface area contributed by atoms with E-state index in [1.165, 1.54) is 18.0 Å². The van der Waals surface area contributed by atoms with Crippen LogP contribution in [0.3, 0.4) is 0 Å². The molecule has 0 amide bonds. The summed E-state index contributed by atoms with van der Waals surface area (Å²) < 4.78 is 6.62. The fourth-order valence-corrected chi connectivity index (χ4v) is 3.02. The monoisotopic (exact) mass is 389 g/mol. The lowest BCUT2D eigenvalue weighted by atomic mass is 10.1. The van der Waals surface area contributed by atoms with E-state index in [2.05, 4.69) is 20.3 Å². The number of rotatable bonds is 5. The minimum atomic E-state index is -0.186. The summed E-state index contributed by atoms with van der Waals surface area (Å²) in [7, 11) is 3.14. The highest BCUT2D eigenvalue weighted by Crippen LogP contribution is 2.32. The van der Waals surface area contributed by atoms with Crippen molar-refractivity contribution in [2.24, 2.45) is 7.05 Å². The molecule has 0 aliphatic carbocycles. The number of methoxy groups -OCH3 is 1. The molecule has 0 radical (unpaired) electrons. The highest BCUT2D eigenvalue weighted by atomic mass is 16.5. The molecule has 0 bridgehead atoms. The Hall–Kier alpha value is -3.94. The number of nitrogens with zero attached hydrogens (tertiary/aromatic N) is 4. The minimum absolute atomic E-state index is 0.0417. The number of hydrogen-bond acceptors (Lipinski definition) is 7. The fraction of sp³-hybridized carbons (Fsp3) is 0.143. The lowest BCUT2D eigenvalue weighted by Crippen LogP contribution is -2.19. The molecule has 0 saturated heterocycles. The van der Waals surface area contributed by atoms with Crippen molar-refractivity contribution < 1.29 is 9.84 Å². The summed E-state index contributed by atoms with van der Waals surface area (Å²) in [4.78, 5) is 25.8. The zero-order chi connectivity index (χ0) is 20.4. The van der Waals surface area contributed by atoms with Gasteiger partial charge in [0.15, 0.2) is 11.5 Å². The number of anilines is 1. The van der Waals surface area contributed by atoms with E-state index in [9.17, 15) is 9.90 Å². The van der Waals surface area contributed by atoms with Crippen LogP contribution < -0.4 is 15.6 Å². The molecule has 4 aromatic rings. The van der Waals surface area contributed by atoms with Gasteiger partial charge in [-0.2, -0.15) is 0 Å². The van der Waals surface area contributed by atoms with Gasteiger partial charge in [-0.05, 0) is 42.0 Å². The Morgan fingerprint density at radius 2 is 1.97 bits per heavy atom. The largest absolute Gasteiger partial charge is 0.504 e. The standard InChI is InChI=1S/C21H19N5O3/c1-26-12-24-16-10-15(14-3-4-17(27)18(9-14)29-2)25-20(19(16)21(26)28)23-11-13-5-7-22-8-6-13/h3-10,12,27H,11H2,1-2H3,(H,23,25). The second-order valence-electron chi connectivity index (χ2n) is 6.51. The maximum Gasteiger partial charge on any atom is 0.264 e. The van der Waals surface area contributed by atoms with Crippen LogP contribution in [0.15, 0.2) is 59.9 Å². The summed E-state index contributed by atoms with van der Waals surface area (Å²) in [6.07, 6.45) is 4.91. The van der Waals surface area contributed by atoms with E-state index in [1.807, 2.05) is 12.1 Å². The third-order valence-corrected chi connectivity index (χ3v) is 4.59. The highest BCUT2D eigenvalue weighted by Gasteiger charge is 2.14. The molecule has 0 aliphatic heterocycles. The van der Waals surface area contributed by atoms with E-state index in [1.54, 1.807) is 43.7 Å². The van der Waals surface area contributed by atoms with Crippen molar-refractivity contribution in [3.05, 3.63) is 71.0 Å². The van der Waals surface area contributed by atoms with Gasteiger partial charge in [0.1, 0.15) is 11.2 Å². The summed E-state index contributed by atoms with van der Waals surface area (Å²) in [5, 5.41) is 13.5. The van der Waals surface area contributed by atoms with Gasteiger partial charge in [-0.15, -0.1) is 0 Å². The molecule has 0 aliphatic rings. The van der Waals surface area contributed by atoms with Crippen LogP contribution in [-0.4, -0.2) is 31.7 Å². The maximum absolute atomic E-state index is 12.7. The van der Waals surface area contributed by atoms with Crippen molar-refractivity contribution in [3.63, 3.8) is 0 Å². The molecular formula is C21H19N5O3. The van der Waals surface area contributed by atoms with Crippen molar-refractivity contribution >= 4 is 16.7 Å². The number of nitrogens with one attached hydrogen (secondary N) is 1. The Kier molecular flexibility index (Phi) is 4.82. The van der Waals surface area contributed by atoms with Gasteiger partial charge in [0.05, 0.1) is 24.6 Å². The average molecular weight is 389 g/mol. The molecule has 1 aromatic carbocycles. The van der Waals surface area contributed by atoms with Crippen molar-refractivity contribution in [3.8, 4) is 22.8 Å².